The molecule has 28 heavy (non-hydrogen) atoms. The van der Waals surface area contributed by atoms with Gasteiger partial charge < -0.3 is 5.32 Å². The lowest BCUT2D eigenvalue weighted by Gasteiger charge is -2.22. The van der Waals surface area contributed by atoms with E-state index in [4.69, 9.17) is 0 Å². The number of aryl methyl sites for hydroxylation is 1. The average molecular weight is 398 g/mol. The van der Waals surface area contributed by atoms with Crippen molar-refractivity contribution in [1.82, 2.24) is 15.1 Å². The second kappa shape index (κ2) is 8.03. The van der Waals surface area contributed by atoms with Crippen LogP contribution in [-0.2, 0) is 4.79 Å². The molecule has 3 aromatic rings. The molecule has 1 aromatic carbocycles. The lowest BCUT2D eigenvalue weighted by Crippen LogP contribution is -2.42. The van der Waals surface area contributed by atoms with Crippen LogP contribution in [0.15, 0.2) is 29.1 Å². The minimum atomic E-state index is -0.572. The molecule has 148 valence electrons. The fraction of sp³-hybridized carbons (Fsp3) is 0.500. The van der Waals surface area contributed by atoms with Gasteiger partial charge in [0.05, 0.1) is 15.8 Å². The molecule has 0 saturated heterocycles. The van der Waals surface area contributed by atoms with E-state index in [0.29, 0.717) is 11.8 Å². The van der Waals surface area contributed by atoms with Gasteiger partial charge in [-0.2, -0.15) is 5.10 Å². The Hall–Kier alpha value is -2.21. The van der Waals surface area contributed by atoms with E-state index in [1.54, 1.807) is 11.3 Å². The van der Waals surface area contributed by atoms with Gasteiger partial charge in [-0.15, -0.1) is 11.3 Å². The molecule has 0 spiro atoms. The van der Waals surface area contributed by atoms with Crippen LogP contribution in [0.2, 0.25) is 0 Å². The lowest BCUT2D eigenvalue weighted by molar-refractivity contribution is -0.125. The number of hydrogen-bond donors (Lipinski definition) is 1. The quantitative estimate of drug-likeness (QED) is 0.649. The molecule has 1 amide bonds. The Morgan fingerprint density at radius 2 is 1.96 bits per heavy atom. The standard InChI is InChI=1S/C22H27N3O2S/c1-3-17(21(26)23-15-10-6-4-5-7-11-15)25-22(27)19-16-12-8-9-13-18(16)28-20(19)14(2)24-25/h8-9,12-13,15,17H,3-7,10-11H2,1-2H3,(H,23,26)/t17-/m0/s1. The fourth-order valence-corrected chi connectivity index (χ4v) is 5.42. The van der Waals surface area contributed by atoms with E-state index in [9.17, 15) is 9.59 Å². The summed E-state index contributed by atoms with van der Waals surface area (Å²) >= 11 is 1.59. The van der Waals surface area contributed by atoms with E-state index < -0.39 is 6.04 Å². The van der Waals surface area contributed by atoms with Crippen LogP contribution >= 0.6 is 11.3 Å². The molecule has 1 fully saturated rings. The van der Waals surface area contributed by atoms with Gasteiger partial charge in [0.15, 0.2) is 0 Å². The van der Waals surface area contributed by atoms with Crippen LogP contribution in [0.4, 0.5) is 0 Å². The monoisotopic (exact) mass is 397 g/mol. The largest absolute Gasteiger partial charge is 0.352 e. The Balaban J connectivity index is 1.73. The molecule has 1 aliphatic rings. The summed E-state index contributed by atoms with van der Waals surface area (Å²) in [4.78, 5) is 26.4. The number of hydrogen-bond acceptors (Lipinski definition) is 4. The van der Waals surface area contributed by atoms with E-state index in [-0.39, 0.29) is 17.5 Å². The molecule has 1 N–H and O–H groups in total. The van der Waals surface area contributed by atoms with Gasteiger partial charge in [0, 0.05) is 16.1 Å². The summed E-state index contributed by atoms with van der Waals surface area (Å²) in [6.07, 6.45) is 7.39. The molecule has 0 bridgehead atoms. The maximum absolute atomic E-state index is 13.3. The first-order chi connectivity index (χ1) is 13.6. The fourth-order valence-electron chi connectivity index (χ4n) is 4.28. The highest BCUT2D eigenvalue weighted by Gasteiger charge is 2.26. The molecule has 2 aromatic heterocycles. The van der Waals surface area contributed by atoms with E-state index in [0.717, 1.165) is 46.2 Å². The van der Waals surface area contributed by atoms with Crippen LogP contribution in [0.1, 0.15) is 63.6 Å². The van der Waals surface area contributed by atoms with E-state index >= 15 is 0 Å². The number of benzene rings is 1. The summed E-state index contributed by atoms with van der Waals surface area (Å²) in [6.45, 7) is 3.86. The molecule has 2 heterocycles. The third-order valence-corrected chi connectivity index (χ3v) is 7.07. The predicted octanol–water partition coefficient (Wildman–Crippen LogP) is 4.71. The number of nitrogens with zero attached hydrogens (tertiary/aromatic N) is 2. The number of thiophene rings is 1. The first kappa shape index (κ1) is 19.1. The number of carbonyl (C=O) groups is 1. The molecule has 4 rings (SSSR count). The molecular formula is C22H27N3O2S. The summed E-state index contributed by atoms with van der Waals surface area (Å²) in [5.41, 5.74) is 0.637. The highest BCUT2D eigenvalue weighted by atomic mass is 32.1. The summed E-state index contributed by atoms with van der Waals surface area (Å²) in [6, 6.07) is 7.58. The van der Waals surface area contributed by atoms with Crippen LogP contribution in [-0.4, -0.2) is 21.7 Å². The molecule has 0 aliphatic heterocycles. The highest BCUT2D eigenvalue weighted by molar-refractivity contribution is 7.26. The number of aromatic nitrogens is 2. The summed E-state index contributed by atoms with van der Waals surface area (Å²) < 4.78 is 3.41. The lowest BCUT2D eigenvalue weighted by atomic mass is 10.1. The number of nitrogens with one attached hydrogen (secondary N) is 1. The van der Waals surface area contributed by atoms with Crippen LogP contribution < -0.4 is 10.9 Å². The Morgan fingerprint density at radius 3 is 2.68 bits per heavy atom. The van der Waals surface area contributed by atoms with Crippen LogP contribution in [0.3, 0.4) is 0 Å². The average Bonchev–Trinajstić information content (AvgIpc) is 2.91. The molecule has 1 aliphatic carbocycles. The van der Waals surface area contributed by atoms with Crippen molar-refractivity contribution >= 4 is 37.4 Å². The number of amides is 1. The maximum atomic E-state index is 13.3. The SMILES string of the molecule is CC[C@@H](C(=O)NC1CCCCCC1)n1nc(C)c2sc3ccccc3c2c1=O. The summed E-state index contributed by atoms with van der Waals surface area (Å²) in [5.74, 6) is -0.0812. The van der Waals surface area contributed by atoms with Gasteiger partial charge in [-0.3, -0.25) is 9.59 Å². The van der Waals surface area contributed by atoms with Gasteiger partial charge in [0.1, 0.15) is 6.04 Å². The Morgan fingerprint density at radius 1 is 1.25 bits per heavy atom. The van der Waals surface area contributed by atoms with Gasteiger partial charge >= 0.3 is 0 Å². The van der Waals surface area contributed by atoms with Crippen molar-refractivity contribution in [1.29, 1.82) is 0 Å². The van der Waals surface area contributed by atoms with Crippen molar-refractivity contribution in [3.8, 4) is 0 Å². The zero-order valence-corrected chi connectivity index (χ0v) is 17.3. The second-order valence-corrected chi connectivity index (χ2v) is 8.81. The summed E-state index contributed by atoms with van der Waals surface area (Å²) in [7, 11) is 0. The zero-order valence-electron chi connectivity index (χ0n) is 16.5. The maximum Gasteiger partial charge on any atom is 0.276 e. The van der Waals surface area contributed by atoms with Crippen molar-refractivity contribution in [3.05, 3.63) is 40.3 Å². The van der Waals surface area contributed by atoms with Crippen LogP contribution in [0.5, 0.6) is 0 Å². The third-order valence-electron chi connectivity index (χ3n) is 5.79. The van der Waals surface area contributed by atoms with Gasteiger partial charge in [-0.05, 0) is 32.3 Å². The minimum absolute atomic E-state index is 0.0812. The van der Waals surface area contributed by atoms with E-state index in [1.807, 2.05) is 38.1 Å². The third kappa shape index (κ3) is 3.46. The first-order valence-electron chi connectivity index (χ1n) is 10.3. The molecule has 0 unspecified atom stereocenters. The smallest absolute Gasteiger partial charge is 0.276 e. The number of carbonyl (C=O) groups excluding carboxylic acids is 1. The normalized spacial score (nSPS) is 16.9. The van der Waals surface area contributed by atoms with Gasteiger partial charge in [0.2, 0.25) is 5.91 Å². The number of rotatable bonds is 4. The van der Waals surface area contributed by atoms with Gasteiger partial charge in [0.25, 0.3) is 5.56 Å². The molecule has 1 atom stereocenters. The van der Waals surface area contributed by atoms with Crippen molar-refractivity contribution in [2.75, 3.05) is 0 Å². The first-order valence-corrected chi connectivity index (χ1v) is 11.1. The molecule has 0 radical (unpaired) electrons. The molecule has 5 nitrogen and oxygen atoms in total. The van der Waals surface area contributed by atoms with Crippen LogP contribution in [0, 0.1) is 6.92 Å². The topological polar surface area (TPSA) is 64.0 Å². The number of fused-ring (bicyclic) bond motifs is 3. The second-order valence-electron chi connectivity index (χ2n) is 7.76. The van der Waals surface area contributed by atoms with Gasteiger partial charge in [-0.25, -0.2) is 4.68 Å². The zero-order chi connectivity index (χ0) is 19.7. The highest BCUT2D eigenvalue weighted by Crippen LogP contribution is 2.33. The van der Waals surface area contributed by atoms with Gasteiger partial charge in [-0.1, -0.05) is 50.8 Å². The van der Waals surface area contributed by atoms with Crippen LogP contribution in [0.25, 0.3) is 20.2 Å². The Labute approximate surface area is 168 Å². The minimum Gasteiger partial charge on any atom is -0.352 e. The van der Waals surface area contributed by atoms with E-state index in [1.165, 1.54) is 17.5 Å². The Bertz CT molecular complexity index is 1060. The van der Waals surface area contributed by atoms with E-state index in [2.05, 4.69) is 10.4 Å². The van der Waals surface area contributed by atoms with Crippen molar-refractivity contribution in [3.63, 3.8) is 0 Å². The Kier molecular flexibility index (Phi) is 5.49. The molecule has 6 heteroatoms. The predicted molar refractivity (Wildman–Crippen MR) is 115 cm³/mol. The van der Waals surface area contributed by atoms with Crippen molar-refractivity contribution in [2.24, 2.45) is 0 Å². The van der Waals surface area contributed by atoms with Crippen molar-refractivity contribution in [2.45, 2.75) is 70.9 Å². The molecular weight excluding hydrogens is 370 g/mol. The van der Waals surface area contributed by atoms with Crippen molar-refractivity contribution < 1.29 is 4.79 Å². The molecule has 1 saturated carbocycles. The summed E-state index contributed by atoms with van der Waals surface area (Å²) in [5, 5.41) is 9.39.